The lowest BCUT2D eigenvalue weighted by atomic mass is 10.1. The molecule has 2 aliphatic carbocycles. The highest BCUT2D eigenvalue weighted by Crippen LogP contribution is 2.49. The van der Waals surface area contributed by atoms with Crippen molar-refractivity contribution in [2.24, 2.45) is 5.92 Å². The highest BCUT2D eigenvalue weighted by atomic mass is 19.1. The Hall–Kier alpha value is -2.69. The van der Waals surface area contributed by atoms with Gasteiger partial charge in [0, 0.05) is 30.8 Å². The van der Waals surface area contributed by atoms with Crippen molar-refractivity contribution in [2.45, 2.75) is 43.2 Å². The van der Waals surface area contributed by atoms with Gasteiger partial charge in [-0.05, 0) is 36.0 Å². The maximum absolute atomic E-state index is 13.9. The average Bonchev–Trinajstić information content (AvgIpc) is 3.61. The van der Waals surface area contributed by atoms with Gasteiger partial charge in [0.1, 0.15) is 5.82 Å². The Labute approximate surface area is 163 Å². The maximum Gasteiger partial charge on any atom is 0.225 e. The molecule has 28 heavy (non-hydrogen) atoms. The van der Waals surface area contributed by atoms with Crippen LogP contribution < -0.4 is 5.32 Å². The lowest BCUT2D eigenvalue weighted by Gasteiger charge is -2.17. The van der Waals surface area contributed by atoms with Crippen molar-refractivity contribution in [3.63, 3.8) is 0 Å². The van der Waals surface area contributed by atoms with Crippen molar-refractivity contribution in [1.82, 2.24) is 10.2 Å². The number of likely N-dealkylation sites (tertiary alicyclic amines) is 1. The second-order valence-electron chi connectivity index (χ2n) is 8.25. The van der Waals surface area contributed by atoms with Crippen molar-refractivity contribution in [3.05, 3.63) is 71.5 Å². The number of carbonyl (C=O) groups excluding carboxylic acids is 2. The van der Waals surface area contributed by atoms with E-state index in [2.05, 4.69) is 17.4 Å². The molecule has 0 unspecified atom stereocenters. The number of nitrogens with one attached hydrogen (secondary N) is 1. The maximum atomic E-state index is 13.9. The Morgan fingerprint density at radius 2 is 1.75 bits per heavy atom. The summed E-state index contributed by atoms with van der Waals surface area (Å²) >= 11 is 0. The van der Waals surface area contributed by atoms with E-state index in [0.29, 0.717) is 30.9 Å². The van der Waals surface area contributed by atoms with E-state index in [4.69, 9.17) is 0 Å². The SMILES string of the molecule is O=C(N[C@@H]1CC(=O)N([C@@H]2C[C@@H]2c2ccccc2)C1)[C@H]1C[C@@H]1c1ccccc1F. The third-order valence-corrected chi connectivity index (χ3v) is 6.32. The van der Waals surface area contributed by atoms with Crippen molar-refractivity contribution < 1.29 is 14.0 Å². The number of amides is 2. The van der Waals surface area contributed by atoms with E-state index in [1.54, 1.807) is 18.2 Å². The quantitative estimate of drug-likeness (QED) is 0.869. The Morgan fingerprint density at radius 3 is 2.54 bits per heavy atom. The van der Waals surface area contributed by atoms with Gasteiger partial charge in [-0.1, -0.05) is 48.5 Å². The molecule has 5 atom stereocenters. The first kappa shape index (κ1) is 17.4. The summed E-state index contributed by atoms with van der Waals surface area (Å²) in [4.78, 5) is 27.0. The van der Waals surface area contributed by atoms with Gasteiger partial charge in [0.05, 0.1) is 6.04 Å². The standard InChI is InChI=1S/C23H23FN2O2/c24-20-9-5-4-8-16(20)18-11-19(18)23(28)25-15-10-22(27)26(13-15)21-12-17(21)14-6-2-1-3-7-14/h1-9,15,17-19,21H,10-13H2,(H,25,28)/t15-,17-,18-,19+,21-/m1/s1. The molecule has 5 heteroatoms. The Bertz CT molecular complexity index is 916. The zero-order valence-electron chi connectivity index (χ0n) is 15.6. The summed E-state index contributed by atoms with van der Waals surface area (Å²) in [7, 11) is 0. The Balaban J connectivity index is 1.17. The molecule has 1 aliphatic heterocycles. The molecular weight excluding hydrogens is 355 g/mol. The van der Waals surface area contributed by atoms with Crippen LogP contribution in [0, 0.1) is 11.7 Å². The molecule has 0 aromatic heterocycles. The summed E-state index contributed by atoms with van der Waals surface area (Å²) in [6, 6.07) is 17.1. The molecule has 0 radical (unpaired) electrons. The lowest BCUT2D eigenvalue weighted by Crippen LogP contribution is -2.38. The summed E-state index contributed by atoms with van der Waals surface area (Å²) in [6.45, 7) is 0.579. The van der Waals surface area contributed by atoms with Crippen LogP contribution in [0.1, 0.15) is 42.2 Å². The minimum atomic E-state index is -0.245. The van der Waals surface area contributed by atoms with Crippen molar-refractivity contribution in [1.29, 1.82) is 0 Å². The molecule has 2 saturated carbocycles. The molecular formula is C23H23FN2O2. The van der Waals surface area contributed by atoms with E-state index in [9.17, 15) is 14.0 Å². The van der Waals surface area contributed by atoms with Gasteiger partial charge >= 0.3 is 0 Å². The first-order valence-electron chi connectivity index (χ1n) is 10.0. The zero-order chi connectivity index (χ0) is 19.3. The van der Waals surface area contributed by atoms with Crippen LogP contribution in [0.4, 0.5) is 4.39 Å². The molecule has 2 aromatic carbocycles. The lowest BCUT2D eigenvalue weighted by molar-refractivity contribution is -0.128. The van der Waals surface area contributed by atoms with E-state index >= 15 is 0 Å². The Kier molecular flexibility index (Phi) is 4.18. The van der Waals surface area contributed by atoms with Crippen LogP contribution >= 0.6 is 0 Å². The largest absolute Gasteiger partial charge is 0.351 e. The fourth-order valence-electron chi connectivity index (χ4n) is 4.65. The highest BCUT2D eigenvalue weighted by Gasteiger charge is 2.49. The van der Waals surface area contributed by atoms with Crippen LogP contribution in [0.2, 0.25) is 0 Å². The molecule has 1 saturated heterocycles. The summed E-state index contributed by atoms with van der Waals surface area (Å²) in [5, 5.41) is 3.03. The summed E-state index contributed by atoms with van der Waals surface area (Å²) < 4.78 is 13.9. The summed E-state index contributed by atoms with van der Waals surface area (Å²) in [5.74, 6) is 0.0111. The molecule has 5 rings (SSSR count). The first-order chi connectivity index (χ1) is 13.6. The molecule has 0 spiro atoms. The van der Waals surface area contributed by atoms with Gasteiger partial charge in [-0.15, -0.1) is 0 Å². The third-order valence-electron chi connectivity index (χ3n) is 6.32. The smallest absolute Gasteiger partial charge is 0.225 e. The van der Waals surface area contributed by atoms with Crippen LogP contribution in [0.3, 0.4) is 0 Å². The van der Waals surface area contributed by atoms with Gasteiger partial charge in [-0.25, -0.2) is 4.39 Å². The van der Waals surface area contributed by atoms with E-state index in [-0.39, 0.29) is 41.6 Å². The topological polar surface area (TPSA) is 49.4 Å². The molecule has 4 nitrogen and oxygen atoms in total. The molecule has 144 valence electrons. The van der Waals surface area contributed by atoms with Crippen molar-refractivity contribution in [2.75, 3.05) is 6.54 Å². The van der Waals surface area contributed by atoms with Crippen LogP contribution in [-0.2, 0) is 9.59 Å². The molecule has 2 aromatic rings. The zero-order valence-corrected chi connectivity index (χ0v) is 15.6. The highest BCUT2D eigenvalue weighted by molar-refractivity contribution is 5.86. The number of halogens is 1. The average molecular weight is 378 g/mol. The van der Waals surface area contributed by atoms with Gasteiger partial charge < -0.3 is 10.2 Å². The number of rotatable bonds is 5. The minimum Gasteiger partial charge on any atom is -0.351 e. The second-order valence-corrected chi connectivity index (χ2v) is 8.25. The van der Waals surface area contributed by atoms with Gasteiger partial charge in [-0.3, -0.25) is 9.59 Å². The van der Waals surface area contributed by atoms with Crippen molar-refractivity contribution in [3.8, 4) is 0 Å². The monoisotopic (exact) mass is 378 g/mol. The van der Waals surface area contributed by atoms with E-state index in [1.165, 1.54) is 11.6 Å². The number of carbonyl (C=O) groups is 2. The molecule has 2 amide bonds. The minimum absolute atomic E-state index is 0.0414. The van der Waals surface area contributed by atoms with Gasteiger partial charge in [0.25, 0.3) is 0 Å². The second kappa shape index (κ2) is 6.73. The van der Waals surface area contributed by atoms with E-state index in [1.807, 2.05) is 23.1 Å². The Morgan fingerprint density at radius 1 is 1.00 bits per heavy atom. The van der Waals surface area contributed by atoms with Crippen LogP contribution in [0.15, 0.2) is 54.6 Å². The van der Waals surface area contributed by atoms with Crippen LogP contribution in [0.25, 0.3) is 0 Å². The van der Waals surface area contributed by atoms with Gasteiger partial charge in [0.2, 0.25) is 11.8 Å². The fraction of sp³-hybridized carbons (Fsp3) is 0.391. The predicted molar refractivity (Wildman–Crippen MR) is 103 cm³/mol. The fourth-order valence-corrected chi connectivity index (χ4v) is 4.65. The molecule has 3 aliphatic rings. The summed E-state index contributed by atoms with van der Waals surface area (Å²) in [6.07, 6.45) is 2.03. The number of hydrogen-bond acceptors (Lipinski definition) is 2. The molecule has 1 N–H and O–H groups in total. The van der Waals surface area contributed by atoms with E-state index in [0.717, 1.165) is 6.42 Å². The van der Waals surface area contributed by atoms with Gasteiger partial charge in [-0.2, -0.15) is 0 Å². The van der Waals surface area contributed by atoms with Gasteiger partial charge in [0.15, 0.2) is 0 Å². The third kappa shape index (κ3) is 3.19. The normalized spacial score (nSPS) is 31.0. The molecule has 0 bridgehead atoms. The van der Waals surface area contributed by atoms with Crippen LogP contribution in [0.5, 0.6) is 0 Å². The molecule has 1 heterocycles. The predicted octanol–water partition coefficient (Wildman–Crippen LogP) is 3.20. The first-order valence-corrected chi connectivity index (χ1v) is 10.0. The number of nitrogens with zero attached hydrogens (tertiary/aromatic N) is 1. The molecule has 3 fully saturated rings. The number of hydrogen-bond donors (Lipinski definition) is 1. The van der Waals surface area contributed by atoms with E-state index < -0.39 is 0 Å². The number of benzene rings is 2. The summed E-state index contributed by atoms with van der Waals surface area (Å²) in [5.41, 5.74) is 1.90. The van der Waals surface area contributed by atoms with Crippen molar-refractivity contribution >= 4 is 11.8 Å². The van der Waals surface area contributed by atoms with Crippen LogP contribution in [-0.4, -0.2) is 35.3 Å².